The van der Waals surface area contributed by atoms with Gasteiger partial charge in [-0.1, -0.05) is 30.3 Å². The number of ether oxygens (including phenoxy) is 2. The van der Waals surface area contributed by atoms with Crippen molar-refractivity contribution in [3.63, 3.8) is 0 Å². The van der Waals surface area contributed by atoms with Gasteiger partial charge in [0.2, 0.25) is 6.79 Å². The van der Waals surface area contributed by atoms with E-state index in [1.54, 1.807) is 0 Å². The van der Waals surface area contributed by atoms with E-state index in [2.05, 4.69) is 54.0 Å². The van der Waals surface area contributed by atoms with Crippen LogP contribution in [0.2, 0.25) is 0 Å². The van der Waals surface area contributed by atoms with Gasteiger partial charge in [-0.25, -0.2) is 4.99 Å². The van der Waals surface area contributed by atoms with E-state index < -0.39 is 0 Å². The summed E-state index contributed by atoms with van der Waals surface area (Å²) in [6, 6.07) is 30.8. The predicted octanol–water partition coefficient (Wildman–Crippen LogP) is 7.19. The van der Waals surface area contributed by atoms with Crippen molar-refractivity contribution in [1.82, 2.24) is 4.57 Å². The molecular weight excluding hydrogens is 436 g/mol. The Kier molecular flexibility index (Phi) is 4.42. The minimum atomic E-state index is 0.241. The molecule has 0 saturated carbocycles. The lowest BCUT2D eigenvalue weighted by atomic mass is 10.1. The van der Waals surface area contributed by atoms with E-state index in [0.717, 1.165) is 51.4 Å². The zero-order chi connectivity index (χ0) is 23.4. The highest BCUT2D eigenvalue weighted by Gasteiger charge is 2.16. The fourth-order valence-electron chi connectivity index (χ4n) is 4.99. The molecule has 0 saturated heterocycles. The Hall–Kier alpha value is -4.51. The molecule has 0 atom stereocenters. The Morgan fingerprint density at radius 3 is 2.46 bits per heavy atom. The van der Waals surface area contributed by atoms with Crippen molar-refractivity contribution in [3.05, 3.63) is 96.4 Å². The van der Waals surface area contributed by atoms with Gasteiger partial charge in [0, 0.05) is 45.4 Å². The van der Waals surface area contributed by atoms with Crippen molar-refractivity contribution in [1.29, 1.82) is 0 Å². The molecular formula is C30H22N2O3. The van der Waals surface area contributed by atoms with E-state index in [0.29, 0.717) is 0 Å². The molecule has 0 fully saturated rings. The Balaban J connectivity index is 1.45. The van der Waals surface area contributed by atoms with Crippen LogP contribution in [-0.4, -0.2) is 11.4 Å². The van der Waals surface area contributed by atoms with Crippen LogP contribution < -0.4 is 14.8 Å². The fourth-order valence-corrected chi connectivity index (χ4v) is 4.99. The summed E-state index contributed by atoms with van der Waals surface area (Å²) in [4.78, 5) is 5.09. The zero-order valence-electron chi connectivity index (χ0n) is 19.2. The van der Waals surface area contributed by atoms with E-state index >= 15 is 0 Å². The van der Waals surface area contributed by atoms with E-state index in [-0.39, 0.29) is 6.79 Å². The van der Waals surface area contributed by atoms with Gasteiger partial charge in [0.1, 0.15) is 11.3 Å². The number of hydrogen-bond donors (Lipinski definition) is 0. The van der Waals surface area contributed by atoms with Crippen LogP contribution in [0.5, 0.6) is 11.5 Å². The first-order valence-electron chi connectivity index (χ1n) is 11.8. The van der Waals surface area contributed by atoms with Crippen LogP contribution in [0.1, 0.15) is 6.92 Å². The van der Waals surface area contributed by atoms with Gasteiger partial charge in [0.05, 0.1) is 11.0 Å². The first-order valence-corrected chi connectivity index (χ1v) is 11.8. The molecule has 0 unspecified atom stereocenters. The highest BCUT2D eigenvalue weighted by Crippen LogP contribution is 2.36. The van der Waals surface area contributed by atoms with Crippen LogP contribution in [0.4, 0.5) is 5.69 Å². The van der Waals surface area contributed by atoms with Gasteiger partial charge in [-0.2, -0.15) is 0 Å². The average Bonchev–Trinajstić information content (AvgIpc) is 3.50. The minimum absolute atomic E-state index is 0.241. The van der Waals surface area contributed by atoms with Crippen LogP contribution in [0.3, 0.4) is 0 Å². The van der Waals surface area contributed by atoms with E-state index in [1.807, 2.05) is 48.5 Å². The lowest BCUT2D eigenvalue weighted by Gasteiger charge is -2.06. The molecule has 5 heteroatoms. The second kappa shape index (κ2) is 7.77. The molecule has 2 aromatic heterocycles. The molecule has 1 aliphatic rings. The second-order valence-electron chi connectivity index (χ2n) is 8.63. The van der Waals surface area contributed by atoms with Gasteiger partial charge in [-0.3, -0.25) is 0 Å². The number of aromatic nitrogens is 1. The third-order valence-electron chi connectivity index (χ3n) is 6.63. The van der Waals surface area contributed by atoms with Gasteiger partial charge in [-0.15, -0.1) is 0 Å². The van der Waals surface area contributed by atoms with Crippen molar-refractivity contribution in [2.45, 2.75) is 13.5 Å². The van der Waals surface area contributed by atoms with Crippen LogP contribution in [0, 0.1) is 0 Å². The van der Waals surface area contributed by atoms with Crippen LogP contribution in [0.15, 0.2) is 100 Å². The summed E-state index contributed by atoms with van der Waals surface area (Å²) in [6.45, 7) is 3.34. The standard InChI is InChI=1S/C30H22N2O3/c1-2-32-25-9-5-3-7-21(25)23-16-20(12-13-26(23)32)31-24-17-29(35-27-10-6-4-8-22(24)27)19-11-14-28-30(15-19)34-18-33-28/h3-17H,2,18H2,1H3. The van der Waals surface area contributed by atoms with E-state index in [1.165, 1.54) is 21.8 Å². The predicted molar refractivity (Wildman–Crippen MR) is 138 cm³/mol. The fraction of sp³-hybridized carbons (Fsp3) is 0.100. The van der Waals surface area contributed by atoms with Crippen molar-refractivity contribution >= 4 is 38.5 Å². The highest BCUT2D eigenvalue weighted by atomic mass is 16.7. The van der Waals surface area contributed by atoms with Crippen molar-refractivity contribution < 1.29 is 13.9 Å². The first-order chi connectivity index (χ1) is 17.3. The molecule has 4 aromatic carbocycles. The van der Waals surface area contributed by atoms with Gasteiger partial charge in [0.15, 0.2) is 11.5 Å². The molecule has 7 rings (SSSR count). The quantitative estimate of drug-likeness (QED) is 0.282. The second-order valence-corrected chi connectivity index (χ2v) is 8.63. The maximum Gasteiger partial charge on any atom is 0.231 e. The van der Waals surface area contributed by atoms with Crippen LogP contribution in [-0.2, 0) is 6.54 Å². The Labute approximate surface area is 201 Å². The third-order valence-corrected chi connectivity index (χ3v) is 6.63. The Morgan fingerprint density at radius 2 is 1.54 bits per heavy atom. The maximum atomic E-state index is 6.27. The molecule has 6 aromatic rings. The number of aryl methyl sites for hydroxylation is 1. The number of benzene rings is 4. The largest absolute Gasteiger partial charge is 0.456 e. The average molecular weight is 459 g/mol. The Bertz CT molecular complexity index is 1830. The summed E-state index contributed by atoms with van der Waals surface area (Å²) < 4.78 is 19.7. The van der Waals surface area contributed by atoms with Crippen molar-refractivity contribution in [2.24, 2.45) is 4.99 Å². The topological polar surface area (TPSA) is 48.9 Å². The first kappa shape index (κ1) is 19.9. The van der Waals surface area contributed by atoms with Crippen molar-refractivity contribution in [2.75, 3.05) is 6.79 Å². The summed E-state index contributed by atoms with van der Waals surface area (Å²) >= 11 is 0. The molecule has 0 N–H and O–H groups in total. The molecule has 0 spiro atoms. The number of hydrogen-bond acceptors (Lipinski definition) is 4. The molecule has 35 heavy (non-hydrogen) atoms. The molecule has 0 amide bonds. The van der Waals surface area contributed by atoms with E-state index in [4.69, 9.17) is 18.9 Å². The zero-order valence-corrected chi connectivity index (χ0v) is 19.2. The molecule has 3 heterocycles. The van der Waals surface area contributed by atoms with E-state index in [9.17, 15) is 0 Å². The summed E-state index contributed by atoms with van der Waals surface area (Å²) in [5.41, 5.74) is 5.07. The monoisotopic (exact) mass is 458 g/mol. The van der Waals surface area contributed by atoms with Crippen LogP contribution >= 0.6 is 0 Å². The summed E-state index contributed by atoms with van der Waals surface area (Å²) in [7, 11) is 0. The molecule has 5 nitrogen and oxygen atoms in total. The summed E-state index contributed by atoms with van der Waals surface area (Å²) in [5, 5.41) is 4.28. The smallest absolute Gasteiger partial charge is 0.231 e. The molecule has 0 bridgehead atoms. The van der Waals surface area contributed by atoms with Gasteiger partial charge in [-0.05, 0) is 61.5 Å². The molecule has 170 valence electrons. The number of nitrogens with zero attached hydrogens (tertiary/aromatic N) is 2. The number of rotatable bonds is 3. The lowest BCUT2D eigenvalue weighted by Crippen LogP contribution is -2.03. The highest BCUT2D eigenvalue weighted by molar-refractivity contribution is 6.08. The minimum Gasteiger partial charge on any atom is -0.456 e. The van der Waals surface area contributed by atoms with Gasteiger partial charge >= 0.3 is 0 Å². The molecule has 0 radical (unpaired) electrons. The summed E-state index contributed by atoms with van der Waals surface area (Å²) in [5.74, 6) is 2.20. The maximum absolute atomic E-state index is 6.27. The lowest BCUT2D eigenvalue weighted by molar-refractivity contribution is 0.174. The van der Waals surface area contributed by atoms with Crippen molar-refractivity contribution in [3.8, 4) is 22.8 Å². The van der Waals surface area contributed by atoms with Gasteiger partial charge in [0.25, 0.3) is 0 Å². The van der Waals surface area contributed by atoms with Crippen LogP contribution in [0.25, 0.3) is 44.1 Å². The third kappa shape index (κ3) is 3.20. The SMILES string of the molecule is CCn1c2ccccc2c2cc(N=c3cc(-c4ccc5c(c4)OCO5)oc4ccccc34)ccc21. The number of fused-ring (bicyclic) bond motifs is 5. The molecule has 1 aliphatic heterocycles. The number of para-hydroxylation sites is 2. The molecule has 0 aliphatic carbocycles. The van der Waals surface area contributed by atoms with Gasteiger partial charge < -0.3 is 18.5 Å². The normalized spacial score (nSPS) is 13.3. The Morgan fingerprint density at radius 1 is 0.743 bits per heavy atom. The summed E-state index contributed by atoms with van der Waals surface area (Å²) in [6.07, 6.45) is 0.